The molecule has 1 unspecified atom stereocenters. The number of carbonyl (C=O) groups excluding carboxylic acids is 2. The van der Waals surface area contributed by atoms with Crippen molar-refractivity contribution in [3.8, 4) is 0 Å². The second-order valence-electron chi connectivity index (χ2n) is 7.37. The standard InChI is InChI=1S/C19H23N5O3/c1-19(2,3)27-18(26)24-10-4-5-16(24)17(25)23-22-12-13-6-7-14-15(11-13)21-9-8-20-14/h6-9,11-12,16H,4-5,10H2,1-3H3,(H,23,25)/b22-12+. The molecule has 0 bridgehead atoms. The molecular formula is C19H23N5O3. The van der Waals surface area contributed by atoms with Gasteiger partial charge in [-0.05, 0) is 51.3 Å². The Balaban J connectivity index is 1.62. The van der Waals surface area contributed by atoms with Crippen LogP contribution < -0.4 is 5.43 Å². The Morgan fingerprint density at radius 1 is 1.26 bits per heavy atom. The van der Waals surface area contributed by atoms with Gasteiger partial charge in [0.2, 0.25) is 0 Å². The highest BCUT2D eigenvalue weighted by atomic mass is 16.6. The second kappa shape index (κ2) is 7.69. The molecule has 1 aromatic heterocycles. The van der Waals surface area contributed by atoms with Crippen LogP contribution in [0.5, 0.6) is 0 Å². The number of nitrogens with one attached hydrogen (secondary N) is 1. The summed E-state index contributed by atoms with van der Waals surface area (Å²) in [5, 5.41) is 4.01. The van der Waals surface area contributed by atoms with Crippen LogP contribution in [-0.4, -0.2) is 51.3 Å². The van der Waals surface area contributed by atoms with Crippen LogP contribution >= 0.6 is 0 Å². The highest BCUT2D eigenvalue weighted by Gasteiger charge is 2.36. The maximum atomic E-state index is 12.4. The topological polar surface area (TPSA) is 96.8 Å². The van der Waals surface area contributed by atoms with E-state index in [0.717, 1.165) is 23.0 Å². The molecule has 2 heterocycles. The van der Waals surface area contributed by atoms with Crippen molar-refractivity contribution in [1.82, 2.24) is 20.3 Å². The van der Waals surface area contributed by atoms with Gasteiger partial charge in [-0.2, -0.15) is 5.10 Å². The molecule has 142 valence electrons. The van der Waals surface area contributed by atoms with E-state index in [-0.39, 0.29) is 5.91 Å². The highest BCUT2D eigenvalue weighted by Crippen LogP contribution is 2.21. The third kappa shape index (κ3) is 4.78. The zero-order chi connectivity index (χ0) is 19.4. The fourth-order valence-electron chi connectivity index (χ4n) is 2.88. The number of hydrogen-bond acceptors (Lipinski definition) is 6. The number of amides is 2. The molecule has 0 radical (unpaired) electrons. The van der Waals surface area contributed by atoms with Gasteiger partial charge in [0.05, 0.1) is 17.2 Å². The van der Waals surface area contributed by atoms with Crippen LogP contribution in [0.15, 0.2) is 35.7 Å². The van der Waals surface area contributed by atoms with Gasteiger partial charge in [0, 0.05) is 18.9 Å². The van der Waals surface area contributed by atoms with Gasteiger partial charge in [-0.3, -0.25) is 19.7 Å². The Morgan fingerprint density at radius 3 is 2.74 bits per heavy atom. The van der Waals surface area contributed by atoms with Crippen molar-refractivity contribution in [3.63, 3.8) is 0 Å². The van der Waals surface area contributed by atoms with Crippen molar-refractivity contribution in [2.24, 2.45) is 5.10 Å². The lowest BCUT2D eigenvalue weighted by Crippen LogP contribution is -2.46. The van der Waals surface area contributed by atoms with Crippen molar-refractivity contribution in [2.75, 3.05) is 6.54 Å². The van der Waals surface area contributed by atoms with Crippen LogP contribution in [0.4, 0.5) is 4.79 Å². The van der Waals surface area contributed by atoms with Gasteiger partial charge in [-0.1, -0.05) is 6.07 Å². The van der Waals surface area contributed by atoms with E-state index >= 15 is 0 Å². The van der Waals surface area contributed by atoms with Crippen molar-refractivity contribution >= 4 is 29.2 Å². The summed E-state index contributed by atoms with van der Waals surface area (Å²) in [4.78, 5) is 34.6. The van der Waals surface area contributed by atoms with E-state index in [1.165, 1.54) is 4.90 Å². The molecule has 1 N–H and O–H groups in total. The molecule has 1 aliphatic heterocycles. The second-order valence-corrected chi connectivity index (χ2v) is 7.37. The Bertz CT molecular complexity index is 875. The van der Waals surface area contributed by atoms with Gasteiger partial charge in [0.25, 0.3) is 5.91 Å². The SMILES string of the molecule is CC(C)(C)OC(=O)N1CCCC1C(=O)N/N=C/c1ccc2nccnc2c1. The minimum absolute atomic E-state index is 0.324. The predicted molar refractivity (Wildman–Crippen MR) is 101 cm³/mol. The largest absolute Gasteiger partial charge is 0.444 e. The number of benzene rings is 1. The molecule has 1 aromatic carbocycles. The van der Waals surface area contributed by atoms with Crippen LogP contribution in [0.2, 0.25) is 0 Å². The molecule has 2 amide bonds. The minimum Gasteiger partial charge on any atom is -0.444 e. The van der Waals surface area contributed by atoms with Crippen molar-refractivity contribution in [3.05, 3.63) is 36.2 Å². The van der Waals surface area contributed by atoms with Crippen LogP contribution in [0, 0.1) is 0 Å². The Morgan fingerprint density at radius 2 is 2.00 bits per heavy atom. The summed E-state index contributed by atoms with van der Waals surface area (Å²) >= 11 is 0. The molecule has 1 aliphatic rings. The lowest BCUT2D eigenvalue weighted by molar-refractivity contribution is -0.125. The van der Waals surface area contributed by atoms with Crippen molar-refractivity contribution in [1.29, 1.82) is 0 Å². The zero-order valence-electron chi connectivity index (χ0n) is 15.7. The van der Waals surface area contributed by atoms with Gasteiger partial charge in [0.15, 0.2) is 0 Å². The predicted octanol–water partition coefficient (Wildman–Crippen LogP) is 2.48. The third-order valence-electron chi connectivity index (χ3n) is 4.07. The van der Waals surface area contributed by atoms with Gasteiger partial charge in [-0.15, -0.1) is 0 Å². The molecule has 1 atom stereocenters. The van der Waals surface area contributed by atoms with Gasteiger partial charge in [-0.25, -0.2) is 10.2 Å². The maximum Gasteiger partial charge on any atom is 0.410 e. The maximum absolute atomic E-state index is 12.4. The molecular weight excluding hydrogens is 346 g/mol. The molecule has 1 saturated heterocycles. The fourth-order valence-corrected chi connectivity index (χ4v) is 2.88. The van der Waals surface area contributed by atoms with E-state index in [1.54, 1.807) is 39.4 Å². The summed E-state index contributed by atoms with van der Waals surface area (Å²) in [5.74, 6) is -0.324. The first-order chi connectivity index (χ1) is 12.8. The molecule has 27 heavy (non-hydrogen) atoms. The van der Waals surface area contributed by atoms with E-state index in [2.05, 4.69) is 20.5 Å². The zero-order valence-corrected chi connectivity index (χ0v) is 15.7. The van der Waals surface area contributed by atoms with E-state index in [1.807, 2.05) is 18.2 Å². The summed E-state index contributed by atoms with van der Waals surface area (Å²) in [5.41, 5.74) is 4.24. The van der Waals surface area contributed by atoms with Crippen molar-refractivity contribution < 1.29 is 14.3 Å². The summed E-state index contributed by atoms with van der Waals surface area (Å²) in [7, 11) is 0. The number of hydrogen-bond donors (Lipinski definition) is 1. The number of ether oxygens (including phenoxy) is 1. The number of aromatic nitrogens is 2. The average Bonchev–Trinajstić information content (AvgIpc) is 3.10. The Labute approximate surface area is 157 Å². The number of nitrogens with zero attached hydrogens (tertiary/aromatic N) is 4. The number of likely N-dealkylation sites (tertiary alicyclic amines) is 1. The van der Waals surface area contributed by atoms with Crippen LogP contribution in [-0.2, 0) is 9.53 Å². The van der Waals surface area contributed by atoms with Gasteiger partial charge < -0.3 is 4.74 Å². The van der Waals surface area contributed by atoms with E-state index < -0.39 is 17.7 Å². The lowest BCUT2D eigenvalue weighted by Gasteiger charge is -2.27. The number of fused-ring (bicyclic) bond motifs is 1. The number of carbonyl (C=O) groups is 2. The summed E-state index contributed by atoms with van der Waals surface area (Å²) in [6.07, 6.45) is 5.66. The quantitative estimate of drug-likeness (QED) is 0.662. The highest BCUT2D eigenvalue weighted by molar-refractivity contribution is 5.89. The van der Waals surface area contributed by atoms with Crippen LogP contribution in [0.25, 0.3) is 11.0 Å². The summed E-state index contributed by atoms with van der Waals surface area (Å²) in [6, 6.07) is 4.95. The van der Waals surface area contributed by atoms with Crippen LogP contribution in [0.1, 0.15) is 39.2 Å². The van der Waals surface area contributed by atoms with Gasteiger partial charge in [0.1, 0.15) is 11.6 Å². The molecule has 2 aromatic rings. The van der Waals surface area contributed by atoms with Crippen molar-refractivity contribution in [2.45, 2.75) is 45.3 Å². The first kappa shape index (κ1) is 18.8. The normalized spacial score (nSPS) is 17.4. The van der Waals surface area contributed by atoms with E-state index in [9.17, 15) is 9.59 Å². The third-order valence-corrected chi connectivity index (χ3v) is 4.07. The average molecular weight is 369 g/mol. The number of rotatable bonds is 3. The smallest absolute Gasteiger partial charge is 0.410 e. The monoisotopic (exact) mass is 369 g/mol. The molecule has 3 rings (SSSR count). The number of hydrazone groups is 1. The lowest BCUT2D eigenvalue weighted by atomic mass is 10.2. The molecule has 1 fully saturated rings. The Hall–Kier alpha value is -3.03. The van der Waals surface area contributed by atoms with Gasteiger partial charge >= 0.3 is 6.09 Å². The molecule has 8 heteroatoms. The van der Waals surface area contributed by atoms with Crippen LogP contribution in [0.3, 0.4) is 0 Å². The first-order valence-corrected chi connectivity index (χ1v) is 8.87. The minimum atomic E-state index is -0.599. The molecule has 8 nitrogen and oxygen atoms in total. The summed E-state index contributed by atoms with van der Waals surface area (Å²) < 4.78 is 5.37. The molecule has 0 saturated carbocycles. The van der Waals surface area contributed by atoms with E-state index in [0.29, 0.717) is 13.0 Å². The summed E-state index contributed by atoms with van der Waals surface area (Å²) in [6.45, 7) is 5.90. The van der Waals surface area contributed by atoms with E-state index in [4.69, 9.17) is 4.74 Å². The fraction of sp³-hybridized carbons (Fsp3) is 0.421. The Kier molecular flexibility index (Phi) is 5.34. The molecule has 0 aliphatic carbocycles. The molecule has 0 spiro atoms. The first-order valence-electron chi connectivity index (χ1n) is 8.87.